The van der Waals surface area contributed by atoms with E-state index in [0.29, 0.717) is 32.5 Å². The predicted molar refractivity (Wildman–Crippen MR) is 196 cm³/mol. The Morgan fingerprint density at radius 1 is 0.489 bits per heavy atom. The lowest BCUT2D eigenvalue weighted by atomic mass is 9.94. The molecule has 278 valence electrons. The second-order valence-electron chi connectivity index (χ2n) is 13.9. The van der Waals surface area contributed by atoms with E-state index >= 15 is 0 Å². The first-order valence-electron chi connectivity index (χ1n) is 20.3. The van der Waals surface area contributed by atoms with Crippen molar-refractivity contribution in [3.8, 4) is 0 Å². The average Bonchev–Trinajstić information content (AvgIpc) is 3.07. The number of ether oxygens (including phenoxy) is 2. The van der Waals surface area contributed by atoms with E-state index in [-0.39, 0.29) is 42.9 Å². The minimum absolute atomic E-state index is 0.00661. The molecule has 0 heterocycles. The molecule has 1 amide bonds. The highest BCUT2D eigenvalue weighted by molar-refractivity contribution is 5.76. The van der Waals surface area contributed by atoms with E-state index < -0.39 is 0 Å². The topological polar surface area (TPSA) is 101 Å². The Bertz CT molecular complexity index is 681. The number of nitrogens with zero attached hydrogens (tertiary/aromatic N) is 1. The number of amides is 1. The second kappa shape index (κ2) is 34.2. The number of unbranched alkanes of at least 4 members (excludes halogenated alkanes) is 16. The maximum Gasteiger partial charge on any atom is 0.308 e. The Kier molecular flexibility index (Phi) is 33.1. The van der Waals surface area contributed by atoms with E-state index in [1.807, 2.05) is 0 Å². The monoisotopic (exact) mass is 668 g/mol. The van der Waals surface area contributed by atoms with Crippen LogP contribution < -0.4 is 5.73 Å². The molecular weight excluding hydrogens is 588 g/mol. The van der Waals surface area contributed by atoms with E-state index in [9.17, 15) is 14.4 Å². The molecule has 0 saturated heterocycles. The number of quaternary nitrogens is 1. The number of hydrogen-bond acceptors (Lipinski definition) is 5. The molecule has 0 aromatic heterocycles. The first-order chi connectivity index (χ1) is 22.9. The van der Waals surface area contributed by atoms with Gasteiger partial charge < -0.3 is 20.1 Å². The first-order valence-corrected chi connectivity index (χ1v) is 20.3. The smallest absolute Gasteiger partial charge is 0.308 e. The zero-order valence-electron chi connectivity index (χ0n) is 31.8. The summed E-state index contributed by atoms with van der Waals surface area (Å²) < 4.78 is 11.6. The van der Waals surface area contributed by atoms with Crippen LogP contribution in [0.2, 0.25) is 0 Å². The summed E-state index contributed by atoms with van der Waals surface area (Å²) in [7, 11) is 0. The van der Waals surface area contributed by atoms with E-state index in [0.717, 1.165) is 64.2 Å². The fraction of sp³-hybridized carbons (Fsp3) is 0.925. The van der Waals surface area contributed by atoms with Gasteiger partial charge in [-0.3, -0.25) is 14.4 Å². The lowest BCUT2D eigenvalue weighted by Gasteiger charge is -2.24. The molecule has 47 heavy (non-hydrogen) atoms. The summed E-state index contributed by atoms with van der Waals surface area (Å²) in [5, 5.41) is 0. The van der Waals surface area contributed by atoms with Gasteiger partial charge in [-0.2, -0.15) is 0 Å². The predicted octanol–water partition coefficient (Wildman–Crippen LogP) is 9.60. The zero-order chi connectivity index (χ0) is 34.8. The molecule has 0 fully saturated rings. The molecule has 0 radical (unpaired) electrons. The summed E-state index contributed by atoms with van der Waals surface area (Å²) in [6.45, 7) is 10.6. The standard InChI is InChI=1S/C40H78N2O5/c1-5-9-13-17-19-23-28-36(26-21-15-11-7-3)39(44)46-34-32-42(38(43)30-25-31-41)33-35-47-40(45)37(27-22-16-12-8-4)29-24-20-18-14-10-6-2/h36-37H,5-35,41H2,1-4H3/p+1. The van der Waals surface area contributed by atoms with Crippen molar-refractivity contribution in [1.82, 2.24) is 4.90 Å². The van der Waals surface area contributed by atoms with Crippen LogP contribution in [-0.2, 0) is 23.9 Å². The number of hydrogen-bond donors (Lipinski definition) is 1. The van der Waals surface area contributed by atoms with Crippen LogP contribution in [0.25, 0.3) is 0 Å². The van der Waals surface area contributed by atoms with Crippen LogP contribution in [0.15, 0.2) is 0 Å². The molecule has 2 atom stereocenters. The molecular formula is C40H79N2O5+. The van der Waals surface area contributed by atoms with Gasteiger partial charge in [0.15, 0.2) is 0 Å². The number of esters is 2. The van der Waals surface area contributed by atoms with Crippen molar-refractivity contribution in [1.29, 1.82) is 0 Å². The minimum Gasteiger partial charge on any atom is -0.464 e. The molecule has 0 aromatic carbocycles. The summed E-state index contributed by atoms with van der Waals surface area (Å²) in [5.74, 6) is -0.350. The largest absolute Gasteiger partial charge is 0.464 e. The fourth-order valence-electron chi connectivity index (χ4n) is 6.28. The van der Waals surface area contributed by atoms with Gasteiger partial charge in [0.1, 0.15) is 13.2 Å². The van der Waals surface area contributed by atoms with Crippen LogP contribution in [0.5, 0.6) is 0 Å². The molecule has 2 unspecified atom stereocenters. The maximum atomic E-state index is 13.2. The highest BCUT2D eigenvalue weighted by Crippen LogP contribution is 2.22. The van der Waals surface area contributed by atoms with E-state index in [2.05, 4.69) is 33.4 Å². The molecule has 7 heteroatoms. The maximum absolute atomic E-state index is 13.2. The van der Waals surface area contributed by atoms with Gasteiger partial charge in [-0.15, -0.1) is 0 Å². The second-order valence-corrected chi connectivity index (χ2v) is 13.9. The lowest BCUT2D eigenvalue weighted by molar-refractivity contribution is -0.368. The highest BCUT2D eigenvalue weighted by Gasteiger charge is 2.22. The summed E-state index contributed by atoms with van der Waals surface area (Å²) >= 11 is 0. The van der Waals surface area contributed by atoms with Gasteiger partial charge in [0.25, 0.3) is 0 Å². The van der Waals surface area contributed by atoms with Crippen LogP contribution in [0.1, 0.15) is 195 Å². The SMILES string of the molecule is CCCCCCCCC(CCCCCC)C(=O)OCCN(CCOC(=O)C(CCCCCC)CCCCCCCC)C(=O)CCC[NH3+]. The van der Waals surface area contributed by atoms with Crippen LogP contribution >= 0.6 is 0 Å². The van der Waals surface area contributed by atoms with Crippen LogP contribution in [0.4, 0.5) is 0 Å². The minimum atomic E-state index is -0.118. The van der Waals surface area contributed by atoms with Crippen LogP contribution in [0.3, 0.4) is 0 Å². The van der Waals surface area contributed by atoms with Gasteiger partial charge in [-0.05, 0) is 25.7 Å². The Balaban J connectivity index is 5.01. The van der Waals surface area contributed by atoms with Crippen molar-refractivity contribution in [2.45, 2.75) is 195 Å². The van der Waals surface area contributed by atoms with Gasteiger partial charge in [0, 0.05) is 12.8 Å². The van der Waals surface area contributed by atoms with Gasteiger partial charge in [-0.25, -0.2) is 0 Å². The third kappa shape index (κ3) is 26.9. The Morgan fingerprint density at radius 2 is 0.809 bits per heavy atom. The lowest BCUT2D eigenvalue weighted by Crippen LogP contribution is -2.50. The Labute approximate surface area is 291 Å². The number of carbonyl (C=O) groups excluding carboxylic acids is 3. The van der Waals surface area contributed by atoms with Crippen molar-refractivity contribution >= 4 is 17.8 Å². The van der Waals surface area contributed by atoms with Crippen LogP contribution in [0, 0.1) is 11.8 Å². The van der Waals surface area contributed by atoms with Gasteiger partial charge >= 0.3 is 11.9 Å². The van der Waals surface area contributed by atoms with Gasteiger partial charge in [-0.1, -0.05) is 156 Å². The van der Waals surface area contributed by atoms with Gasteiger partial charge in [0.2, 0.25) is 5.91 Å². The molecule has 0 bridgehead atoms. The van der Waals surface area contributed by atoms with Crippen molar-refractivity contribution in [2.24, 2.45) is 11.8 Å². The number of carbonyl (C=O) groups is 3. The summed E-state index contributed by atoms with van der Waals surface area (Å²) in [6, 6.07) is 0. The Hall–Kier alpha value is -1.63. The average molecular weight is 668 g/mol. The van der Waals surface area contributed by atoms with Gasteiger partial charge in [0.05, 0.1) is 31.5 Å². The normalized spacial score (nSPS) is 12.5. The molecule has 0 aliphatic rings. The third-order valence-electron chi connectivity index (χ3n) is 9.50. The molecule has 0 spiro atoms. The molecule has 7 nitrogen and oxygen atoms in total. The fourth-order valence-corrected chi connectivity index (χ4v) is 6.28. The third-order valence-corrected chi connectivity index (χ3v) is 9.50. The molecule has 3 N–H and O–H groups in total. The van der Waals surface area contributed by atoms with E-state index in [1.54, 1.807) is 4.90 Å². The quantitative estimate of drug-likeness (QED) is 0.0536. The molecule has 0 rings (SSSR count). The van der Waals surface area contributed by atoms with E-state index in [1.165, 1.54) is 89.9 Å². The molecule has 0 saturated carbocycles. The zero-order valence-corrected chi connectivity index (χ0v) is 31.8. The van der Waals surface area contributed by atoms with Crippen LogP contribution in [-0.4, -0.2) is 55.6 Å². The summed E-state index contributed by atoms with van der Waals surface area (Å²) in [4.78, 5) is 41.1. The molecule has 0 aliphatic heterocycles. The summed E-state index contributed by atoms with van der Waals surface area (Å²) in [5.41, 5.74) is 3.88. The first kappa shape index (κ1) is 45.4. The number of rotatable bonds is 35. The Morgan fingerprint density at radius 3 is 1.15 bits per heavy atom. The highest BCUT2D eigenvalue weighted by atomic mass is 16.5. The summed E-state index contributed by atoms with van der Waals surface area (Å²) in [6.07, 6.45) is 28.4. The van der Waals surface area contributed by atoms with E-state index in [4.69, 9.17) is 9.47 Å². The van der Waals surface area contributed by atoms with Crippen molar-refractivity contribution in [3.63, 3.8) is 0 Å². The molecule has 0 aromatic rings. The van der Waals surface area contributed by atoms with Crippen molar-refractivity contribution < 1.29 is 29.6 Å². The van der Waals surface area contributed by atoms with Crippen molar-refractivity contribution in [2.75, 3.05) is 32.8 Å². The molecule has 0 aliphatic carbocycles. The van der Waals surface area contributed by atoms with Crippen molar-refractivity contribution in [3.05, 3.63) is 0 Å².